The summed E-state index contributed by atoms with van der Waals surface area (Å²) in [5.41, 5.74) is 10.5. The molecule has 2 aromatic carbocycles. The molecule has 1 saturated heterocycles. The molecule has 0 bridgehead atoms. The molecule has 1 aliphatic heterocycles. The molecule has 5 nitrogen and oxygen atoms in total. The van der Waals surface area contributed by atoms with E-state index >= 15 is 0 Å². The van der Waals surface area contributed by atoms with Crippen LogP contribution < -0.4 is 11.1 Å². The Hall–Kier alpha value is -2.37. The first-order chi connectivity index (χ1) is 12.2. The van der Waals surface area contributed by atoms with Crippen LogP contribution in [0.15, 0.2) is 42.5 Å². The Kier molecular flexibility index (Phi) is 5.68. The molecule has 1 unspecified atom stereocenters. The highest BCUT2D eigenvalue weighted by molar-refractivity contribution is 5.86. The quantitative estimate of drug-likeness (QED) is 0.482. The van der Waals surface area contributed by atoms with Crippen molar-refractivity contribution < 1.29 is 5.11 Å². The van der Waals surface area contributed by atoms with E-state index in [1.165, 1.54) is 18.2 Å². The first-order valence-corrected chi connectivity index (χ1v) is 8.75. The third-order valence-corrected chi connectivity index (χ3v) is 4.73. The molecule has 0 aromatic heterocycles. The van der Waals surface area contributed by atoms with Gasteiger partial charge >= 0.3 is 0 Å². The highest BCUT2D eigenvalue weighted by Crippen LogP contribution is 2.21. The molecule has 1 atom stereocenters. The molecule has 0 aliphatic carbocycles. The van der Waals surface area contributed by atoms with Crippen molar-refractivity contribution in [1.29, 1.82) is 5.41 Å². The standard InChI is InChI=1S/C20H26N4O/c21-11-17-10-18(7-8-20(17)22)23-19-2-1-9-24(13-19)12-15-3-5-16(14-25)6-4-15/h3-8,10-11,19,21,23,25H,1-2,9,12-14,22H2. The zero-order valence-corrected chi connectivity index (χ0v) is 14.4. The summed E-state index contributed by atoms with van der Waals surface area (Å²) in [7, 11) is 0. The van der Waals surface area contributed by atoms with Gasteiger partial charge in [0.15, 0.2) is 0 Å². The molecule has 0 saturated carbocycles. The van der Waals surface area contributed by atoms with Crippen molar-refractivity contribution in [2.75, 3.05) is 24.1 Å². The number of piperidine rings is 1. The van der Waals surface area contributed by atoms with Gasteiger partial charge in [-0.05, 0) is 48.7 Å². The zero-order chi connectivity index (χ0) is 17.6. The van der Waals surface area contributed by atoms with Crippen molar-refractivity contribution in [2.45, 2.75) is 32.0 Å². The van der Waals surface area contributed by atoms with Gasteiger partial charge in [-0.3, -0.25) is 4.90 Å². The summed E-state index contributed by atoms with van der Waals surface area (Å²) in [4.78, 5) is 2.46. The SMILES string of the molecule is N=Cc1cc(NC2CCCN(Cc3ccc(CO)cc3)C2)ccc1N. The van der Waals surface area contributed by atoms with E-state index in [-0.39, 0.29) is 6.61 Å². The van der Waals surface area contributed by atoms with Crippen LogP contribution >= 0.6 is 0 Å². The summed E-state index contributed by atoms with van der Waals surface area (Å²) in [5, 5.41) is 20.2. The summed E-state index contributed by atoms with van der Waals surface area (Å²) in [5.74, 6) is 0. The average molecular weight is 338 g/mol. The van der Waals surface area contributed by atoms with Crippen molar-refractivity contribution in [3.63, 3.8) is 0 Å². The number of nitrogens with zero attached hydrogens (tertiary/aromatic N) is 1. The van der Waals surface area contributed by atoms with Crippen LogP contribution in [-0.4, -0.2) is 35.4 Å². The predicted octanol–water partition coefficient (Wildman–Crippen LogP) is 2.84. The number of aliphatic hydroxyl groups is 1. The molecule has 3 rings (SSSR count). The van der Waals surface area contributed by atoms with Gasteiger partial charge in [-0.1, -0.05) is 24.3 Å². The number of nitrogens with one attached hydrogen (secondary N) is 2. The minimum atomic E-state index is 0.0926. The molecule has 1 heterocycles. The lowest BCUT2D eigenvalue weighted by atomic mass is 10.0. The fourth-order valence-corrected chi connectivity index (χ4v) is 3.35. The molecule has 2 aromatic rings. The topological polar surface area (TPSA) is 85.4 Å². The van der Waals surface area contributed by atoms with Crippen LogP contribution in [0.3, 0.4) is 0 Å². The summed E-state index contributed by atoms with van der Waals surface area (Å²) in [6.45, 7) is 3.12. The molecule has 5 heteroatoms. The fourth-order valence-electron chi connectivity index (χ4n) is 3.35. The van der Waals surface area contributed by atoms with Crippen LogP contribution in [-0.2, 0) is 13.2 Å². The van der Waals surface area contributed by atoms with Gasteiger partial charge in [-0.25, -0.2) is 0 Å². The molecule has 0 amide bonds. The summed E-state index contributed by atoms with van der Waals surface area (Å²) in [6, 6.07) is 14.3. The van der Waals surface area contributed by atoms with Gasteiger partial charge in [-0.15, -0.1) is 0 Å². The Morgan fingerprint density at radius 3 is 2.68 bits per heavy atom. The van der Waals surface area contributed by atoms with E-state index in [0.29, 0.717) is 11.7 Å². The number of likely N-dealkylation sites (tertiary alicyclic amines) is 1. The van der Waals surface area contributed by atoms with Gasteiger partial charge in [0, 0.05) is 42.3 Å². The minimum absolute atomic E-state index is 0.0926. The molecule has 1 fully saturated rings. The zero-order valence-electron chi connectivity index (χ0n) is 14.4. The summed E-state index contributed by atoms with van der Waals surface area (Å²) >= 11 is 0. The van der Waals surface area contributed by atoms with E-state index in [1.54, 1.807) is 0 Å². The van der Waals surface area contributed by atoms with Gasteiger partial charge in [0.05, 0.1) is 6.61 Å². The maximum absolute atomic E-state index is 9.14. The number of rotatable bonds is 6. The maximum Gasteiger partial charge on any atom is 0.0681 e. The smallest absolute Gasteiger partial charge is 0.0681 e. The number of anilines is 2. The van der Waals surface area contributed by atoms with Crippen LogP contribution in [0.4, 0.5) is 11.4 Å². The highest BCUT2D eigenvalue weighted by atomic mass is 16.3. The molecule has 0 spiro atoms. The van der Waals surface area contributed by atoms with Crippen LogP contribution in [0.2, 0.25) is 0 Å². The Morgan fingerprint density at radius 1 is 1.20 bits per heavy atom. The first kappa shape index (κ1) is 17.5. The summed E-state index contributed by atoms with van der Waals surface area (Å²) < 4.78 is 0. The molecule has 5 N–H and O–H groups in total. The Morgan fingerprint density at radius 2 is 1.96 bits per heavy atom. The number of hydrogen-bond donors (Lipinski definition) is 4. The van der Waals surface area contributed by atoms with Crippen molar-refractivity contribution in [3.05, 3.63) is 59.2 Å². The van der Waals surface area contributed by atoms with E-state index in [2.05, 4.69) is 22.3 Å². The van der Waals surface area contributed by atoms with Crippen LogP contribution in [0.25, 0.3) is 0 Å². The maximum atomic E-state index is 9.14. The number of nitrogen functional groups attached to an aromatic ring is 1. The normalized spacial score (nSPS) is 18.0. The molecule has 0 radical (unpaired) electrons. The van der Waals surface area contributed by atoms with Gasteiger partial charge in [0.25, 0.3) is 0 Å². The van der Waals surface area contributed by atoms with Gasteiger partial charge in [0.1, 0.15) is 0 Å². The minimum Gasteiger partial charge on any atom is -0.398 e. The van der Waals surface area contributed by atoms with Crippen molar-refractivity contribution in [3.8, 4) is 0 Å². The second kappa shape index (κ2) is 8.14. The second-order valence-electron chi connectivity index (χ2n) is 6.68. The molecular formula is C20H26N4O. The van der Waals surface area contributed by atoms with E-state index in [9.17, 15) is 0 Å². The largest absolute Gasteiger partial charge is 0.398 e. The lowest BCUT2D eigenvalue weighted by molar-refractivity contribution is 0.208. The fraction of sp³-hybridized carbons (Fsp3) is 0.350. The highest BCUT2D eigenvalue weighted by Gasteiger charge is 2.20. The van der Waals surface area contributed by atoms with E-state index in [0.717, 1.165) is 42.9 Å². The molecule has 132 valence electrons. The van der Waals surface area contributed by atoms with Crippen molar-refractivity contribution >= 4 is 17.6 Å². The second-order valence-corrected chi connectivity index (χ2v) is 6.68. The third-order valence-electron chi connectivity index (χ3n) is 4.73. The third kappa shape index (κ3) is 4.59. The van der Waals surface area contributed by atoms with Gasteiger partial charge < -0.3 is 21.6 Å². The first-order valence-electron chi connectivity index (χ1n) is 8.75. The van der Waals surface area contributed by atoms with Crippen LogP contribution in [0.1, 0.15) is 29.5 Å². The number of aliphatic hydroxyl groups excluding tert-OH is 1. The Balaban J connectivity index is 1.59. The molecule has 25 heavy (non-hydrogen) atoms. The number of nitrogens with two attached hydrogens (primary N) is 1. The van der Waals surface area contributed by atoms with E-state index in [1.807, 2.05) is 30.3 Å². The summed E-state index contributed by atoms with van der Waals surface area (Å²) in [6.07, 6.45) is 3.60. The van der Waals surface area contributed by atoms with Crippen molar-refractivity contribution in [1.82, 2.24) is 4.90 Å². The lowest BCUT2D eigenvalue weighted by Gasteiger charge is -2.33. The Labute approximate surface area is 149 Å². The monoisotopic (exact) mass is 338 g/mol. The number of benzene rings is 2. The number of hydrogen-bond acceptors (Lipinski definition) is 5. The van der Waals surface area contributed by atoms with E-state index < -0.39 is 0 Å². The van der Waals surface area contributed by atoms with Crippen molar-refractivity contribution in [2.24, 2.45) is 0 Å². The van der Waals surface area contributed by atoms with Gasteiger partial charge in [-0.2, -0.15) is 0 Å². The predicted molar refractivity (Wildman–Crippen MR) is 103 cm³/mol. The molecule has 1 aliphatic rings. The van der Waals surface area contributed by atoms with E-state index in [4.69, 9.17) is 16.2 Å². The van der Waals surface area contributed by atoms with Crippen LogP contribution in [0.5, 0.6) is 0 Å². The lowest BCUT2D eigenvalue weighted by Crippen LogP contribution is -2.41. The molecular weight excluding hydrogens is 312 g/mol. The average Bonchev–Trinajstić information content (AvgIpc) is 2.64. The Bertz CT molecular complexity index is 714. The van der Waals surface area contributed by atoms with Gasteiger partial charge in [0.2, 0.25) is 0 Å². The van der Waals surface area contributed by atoms with Crippen LogP contribution in [0, 0.1) is 5.41 Å².